The molecule has 8 rings (SSSR count). The van der Waals surface area contributed by atoms with Crippen molar-refractivity contribution >= 4 is 27.8 Å². The minimum Gasteiger partial charge on any atom is -0.310 e. The summed E-state index contributed by atoms with van der Waals surface area (Å²) in [5.74, 6) is 0. The van der Waals surface area contributed by atoms with Gasteiger partial charge in [-0.2, -0.15) is 0 Å². The van der Waals surface area contributed by atoms with Gasteiger partial charge in [-0.15, -0.1) is 0 Å². The van der Waals surface area contributed by atoms with Crippen LogP contribution in [0.3, 0.4) is 0 Å². The summed E-state index contributed by atoms with van der Waals surface area (Å²) < 4.78 is 74.8. The fourth-order valence-corrected chi connectivity index (χ4v) is 5.93. The fraction of sp³-hybridized carbons (Fsp3) is 0. The molecule has 0 atom stereocenters. The highest BCUT2D eigenvalue weighted by Gasteiger charge is 2.18. The smallest absolute Gasteiger partial charge is 0.0651 e. The molecule has 0 aliphatic carbocycles. The highest BCUT2D eigenvalue weighted by Crippen LogP contribution is 2.43. The van der Waals surface area contributed by atoms with Crippen LogP contribution in [0.2, 0.25) is 0 Å². The second-order valence-electron chi connectivity index (χ2n) is 11.1. The number of para-hydroxylation sites is 1. The molecule has 8 aromatic carbocycles. The predicted octanol–water partition coefficient (Wildman–Crippen LogP) is 13.0. The van der Waals surface area contributed by atoms with Crippen LogP contribution in [0.1, 0.15) is 11.0 Å². The molecule has 0 aromatic heterocycles. The number of anilines is 3. The van der Waals surface area contributed by atoms with Gasteiger partial charge in [0.2, 0.25) is 0 Å². The molecule has 0 amide bonds. The van der Waals surface area contributed by atoms with Gasteiger partial charge in [0, 0.05) is 16.9 Å². The number of hydrogen-bond donors (Lipinski definition) is 0. The Morgan fingerprint density at radius 2 is 0.936 bits per heavy atom. The number of hydrogen-bond acceptors (Lipinski definition) is 1. The normalized spacial score (nSPS) is 13.4. The number of fused-ring (bicyclic) bond motifs is 1. The van der Waals surface area contributed by atoms with Crippen LogP contribution in [0.15, 0.2) is 200 Å². The zero-order valence-corrected chi connectivity index (χ0v) is 25.4. The Hall–Kier alpha value is -6.18. The van der Waals surface area contributed by atoms with Crippen molar-refractivity contribution < 1.29 is 11.0 Å². The van der Waals surface area contributed by atoms with Crippen LogP contribution < -0.4 is 4.90 Å². The van der Waals surface area contributed by atoms with Crippen LogP contribution in [0, 0.1) is 0 Å². The molecule has 0 saturated carbocycles. The van der Waals surface area contributed by atoms with Crippen LogP contribution in [-0.2, 0) is 0 Å². The third kappa shape index (κ3) is 5.72. The van der Waals surface area contributed by atoms with Crippen LogP contribution >= 0.6 is 0 Å². The second-order valence-corrected chi connectivity index (χ2v) is 11.1. The van der Waals surface area contributed by atoms with Crippen LogP contribution in [0.25, 0.3) is 55.3 Å². The Bertz CT molecular complexity index is 2700. The maximum Gasteiger partial charge on any atom is 0.0651 e. The van der Waals surface area contributed by atoms with Gasteiger partial charge in [0.25, 0.3) is 0 Å². The molecule has 8 aromatic rings. The summed E-state index contributed by atoms with van der Waals surface area (Å²) in [6.45, 7) is 0. The van der Waals surface area contributed by atoms with Crippen molar-refractivity contribution in [3.8, 4) is 44.5 Å². The molecule has 0 saturated heterocycles. The van der Waals surface area contributed by atoms with Crippen LogP contribution in [0.5, 0.6) is 0 Å². The van der Waals surface area contributed by atoms with E-state index in [9.17, 15) is 8.22 Å². The van der Waals surface area contributed by atoms with Gasteiger partial charge in [-0.3, -0.25) is 0 Å². The average molecular weight is 608 g/mol. The molecule has 0 bridgehead atoms. The largest absolute Gasteiger partial charge is 0.310 e. The summed E-state index contributed by atoms with van der Waals surface area (Å²) in [5, 5.41) is 1.64. The first kappa shape index (κ1) is 20.8. The Kier molecular flexibility index (Phi) is 5.60. The van der Waals surface area contributed by atoms with Gasteiger partial charge in [-0.1, -0.05) is 170 Å². The lowest BCUT2D eigenvalue weighted by atomic mass is 9.96. The van der Waals surface area contributed by atoms with Crippen molar-refractivity contribution in [3.63, 3.8) is 0 Å². The van der Waals surface area contributed by atoms with Crippen molar-refractivity contribution in [2.24, 2.45) is 0 Å². The molecule has 0 aliphatic heterocycles. The highest BCUT2D eigenvalue weighted by molar-refractivity contribution is 5.98. The number of nitrogens with zero attached hydrogens (tertiary/aromatic N) is 1. The summed E-state index contributed by atoms with van der Waals surface area (Å²) in [7, 11) is 0. The lowest BCUT2D eigenvalue weighted by molar-refractivity contribution is 1.28. The van der Waals surface area contributed by atoms with E-state index >= 15 is 0 Å². The Morgan fingerprint density at radius 3 is 1.70 bits per heavy atom. The molecular weight excluding hydrogens is 567 g/mol. The Labute approximate surface area is 287 Å². The van der Waals surface area contributed by atoms with Crippen molar-refractivity contribution in [2.45, 2.75) is 0 Å². The van der Waals surface area contributed by atoms with E-state index in [2.05, 4.69) is 0 Å². The molecule has 0 radical (unpaired) electrons. The third-order valence-corrected chi connectivity index (χ3v) is 8.24. The Balaban J connectivity index is 1.45. The van der Waals surface area contributed by atoms with Crippen LogP contribution in [0.4, 0.5) is 17.1 Å². The molecular formula is C46H33N. The molecule has 0 N–H and O–H groups in total. The van der Waals surface area contributed by atoms with Crippen molar-refractivity contribution in [3.05, 3.63) is 200 Å². The van der Waals surface area contributed by atoms with E-state index in [1.165, 1.54) is 4.90 Å². The lowest BCUT2D eigenvalue weighted by Gasteiger charge is -2.28. The zero-order chi connectivity index (χ0) is 38.4. The standard InChI is InChI=1S/C46H33N/c1-3-13-34(14-4-1)36-25-27-39(28-26-36)45-22-9-10-24-46(45)47(41-31-29-37(30-32-41)35-15-5-2-6-16-35)42-20-11-19-40(33-42)44-23-12-18-38-17-7-8-21-43(38)44/h1-33H/i11D,19D,20D,29D,30D,31D,32D,33D. The molecule has 0 aliphatic rings. The summed E-state index contributed by atoms with van der Waals surface area (Å²) in [5.41, 5.74) is 4.83. The topological polar surface area (TPSA) is 3.24 Å². The van der Waals surface area contributed by atoms with E-state index < -0.39 is 12.1 Å². The van der Waals surface area contributed by atoms with E-state index in [4.69, 9.17) is 2.74 Å². The molecule has 0 heterocycles. The van der Waals surface area contributed by atoms with Gasteiger partial charge in [0.15, 0.2) is 0 Å². The monoisotopic (exact) mass is 607 g/mol. The van der Waals surface area contributed by atoms with E-state index in [1.807, 2.05) is 109 Å². The Morgan fingerprint density at radius 1 is 0.362 bits per heavy atom. The summed E-state index contributed by atoms with van der Waals surface area (Å²) >= 11 is 0. The van der Waals surface area contributed by atoms with Crippen molar-refractivity contribution in [1.82, 2.24) is 0 Å². The van der Waals surface area contributed by atoms with Crippen molar-refractivity contribution in [2.75, 3.05) is 4.90 Å². The molecule has 1 heteroatoms. The van der Waals surface area contributed by atoms with Crippen molar-refractivity contribution in [1.29, 1.82) is 0 Å². The first-order valence-corrected chi connectivity index (χ1v) is 15.5. The summed E-state index contributed by atoms with van der Waals surface area (Å²) in [6.07, 6.45) is 0. The molecule has 0 spiro atoms. The minimum atomic E-state index is -0.447. The third-order valence-electron chi connectivity index (χ3n) is 8.24. The van der Waals surface area contributed by atoms with Gasteiger partial charge >= 0.3 is 0 Å². The fourth-order valence-electron chi connectivity index (χ4n) is 5.93. The first-order valence-electron chi connectivity index (χ1n) is 19.5. The average Bonchev–Trinajstić information content (AvgIpc) is 3.23. The van der Waals surface area contributed by atoms with Gasteiger partial charge in [0.05, 0.1) is 16.7 Å². The zero-order valence-electron chi connectivity index (χ0n) is 33.4. The maximum atomic E-state index is 9.81. The highest BCUT2D eigenvalue weighted by atomic mass is 15.1. The van der Waals surface area contributed by atoms with E-state index in [-0.39, 0.29) is 58.8 Å². The quantitative estimate of drug-likeness (QED) is 0.174. The minimum absolute atomic E-state index is 0.124. The molecule has 1 nitrogen and oxygen atoms in total. The molecule has 0 unspecified atom stereocenters. The molecule has 0 fully saturated rings. The van der Waals surface area contributed by atoms with Crippen LogP contribution in [-0.4, -0.2) is 0 Å². The predicted molar refractivity (Wildman–Crippen MR) is 200 cm³/mol. The van der Waals surface area contributed by atoms with Gasteiger partial charge < -0.3 is 4.90 Å². The number of benzene rings is 8. The van der Waals surface area contributed by atoms with E-state index in [1.54, 1.807) is 42.5 Å². The maximum absolute atomic E-state index is 9.81. The van der Waals surface area contributed by atoms with E-state index in [0.29, 0.717) is 22.4 Å². The lowest BCUT2D eigenvalue weighted by Crippen LogP contribution is -2.11. The van der Waals surface area contributed by atoms with Gasteiger partial charge in [-0.05, 0) is 80.0 Å². The first-order chi connectivity index (χ1) is 26.7. The van der Waals surface area contributed by atoms with Gasteiger partial charge in [0.1, 0.15) is 0 Å². The summed E-state index contributed by atoms with van der Waals surface area (Å²) in [6, 6.07) is 44.3. The van der Waals surface area contributed by atoms with Gasteiger partial charge in [-0.25, -0.2) is 0 Å². The summed E-state index contributed by atoms with van der Waals surface area (Å²) in [4.78, 5) is 1.42. The van der Waals surface area contributed by atoms with E-state index in [0.717, 1.165) is 27.5 Å². The number of rotatable bonds is 7. The molecule has 222 valence electrons. The molecule has 47 heavy (non-hydrogen) atoms. The SMILES string of the molecule is [2H]c1c([2H])c(-c2cccc3ccccc23)c([2H])c(N(c2ccccc2-c2ccc(-c3ccccc3)cc2)c2c([2H])c([2H])c(-c3ccccc3)c([2H])c2[2H])c1[2H]. The second kappa shape index (κ2) is 12.7.